The fraction of sp³-hybridized carbons (Fsp3) is 0.0370. The molecular weight excluding hydrogens is 529 g/mol. The monoisotopic (exact) mass is 545 g/mol. The molecule has 0 N–H and O–H groups in total. The maximum atomic E-state index is 13.2. The van der Waals surface area contributed by atoms with Gasteiger partial charge in [-0.1, -0.05) is 52.7 Å². The van der Waals surface area contributed by atoms with E-state index in [-0.39, 0.29) is 5.56 Å². The molecule has 0 saturated heterocycles. The highest BCUT2D eigenvalue weighted by molar-refractivity contribution is 7.15. The summed E-state index contributed by atoms with van der Waals surface area (Å²) in [5.74, 6) is 1.04. The number of methoxy groups -OCH3 is 1. The summed E-state index contributed by atoms with van der Waals surface area (Å²) >= 11 is 13.7. The molecule has 0 aliphatic rings. The van der Waals surface area contributed by atoms with Crippen LogP contribution in [0.3, 0.4) is 0 Å². The summed E-state index contributed by atoms with van der Waals surface area (Å²) < 4.78 is 8.89. The van der Waals surface area contributed by atoms with Crippen molar-refractivity contribution in [3.8, 4) is 34.1 Å². The SMILES string of the molecule is COc1ccc(-c2nn(-c3ccccc3)cc2/C=c2\sc3nc(-c4ccc(Cl)cc4)nn3c2=O)cc1Cl. The van der Waals surface area contributed by atoms with Crippen molar-refractivity contribution in [2.24, 2.45) is 0 Å². The molecule has 0 aliphatic heterocycles. The van der Waals surface area contributed by atoms with Crippen molar-refractivity contribution in [2.75, 3.05) is 7.11 Å². The van der Waals surface area contributed by atoms with Gasteiger partial charge in [0.2, 0.25) is 4.96 Å². The summed E-state index contributed by atoms with van der Waals surface area (Å²) in [5.41, 5.74) is 3.65. The number of benzene rings is 3. The highest BCUT2D eigenvalue weighted by Gasteiger charge is 2.16. The number of halogens is 2. The van der Waals surface area contributed by atoms with E-state index in [1.807, 2.05) is 60.8 Å². The lowest BCUT2D eigenvalue weighted by molar-refractivity contribution is 0.415. The lowest BCUT2D eigenvalue weighted by atomic mass is 10.1. The van der Waals surface area contributed by atoms with Crippen molar-refractivity contribution in [1.29, 1.82) is 0 Å². The molecule has 3 aromatic carbocycles. The fourth-order valence-electron chi connectivity index (χ4n) is 3.94. The highest BCUT2D eigenvalue weighted by Crippen LogP contribution is 2.32. The number of para-hydroxylation sites is 1. The fourth-order valence-corrected chi connectivity index (χ4v) is 5.22. The average Bonchev–Trinajstić information content (AvgIpc) is 3.60. The highest BCUT2D eigenvalue weighted by atomic mass is 35.5. The Morgan fingerprint density at radius 3 is 2.41 bits per heavy atom. The van der Waals surface area contributed by atoms with Crippen LogP contribution in [0.25, 0.3) is 39.4 Å². The van der Waals surface area contributed by atoms with Gasteiger partial charge in [0.25, 0.3) is 5.56 Å². The topological polar surface area (TPSA) is 74.3 Å². The number of fused-ring (bicyclic) bond motifs is 1. The van der Waals surface area contributed by atoms with Crippen LogP contribution in [0.4, 0.5) is 0 Å². The van der Waals surface area contributed by atoms with Crippen LogP contribution in [-0.4, -0.2) is 31.5 Å². The predicted molar refractivity (Wildman–Crippen MR) is 147 cm³/mol. The lowest BCUT2D eigenvalue weighted by Gasteiger charge is -2.05. The maximum Gasteiger partial charge on any atom is 0.291 e. The molecule has 10 heteroatoms. The van der Waals surface area contributed by atoms with Gasteiger partial charge in [-0.05, 0) is 60.7 Å². The predicted octanol–water partition coefficient (Wildman–Crippen LogP) is 5.53. The van der Waals surface area contributed by atoms with Crippen molar-refractivity contribution in [1.82, 2.24) is 24.4 Å². The zero-order valence-electron chi connectivity index (χ0n) is 19.3. The molecule has 0 atom stereocenters. The number of nitrogens with zero attached hydrogens (tertiary/aromatic N) is 5. The van der Waals surface area contributed by atoms with Crippen molar-refractivity contribution in [3.05, 3.63) is 109 Å². The average molecular weight is 546 g/mol. The molecule has 182 valence electrons. The summed E-state index contributed by atoms with van der Waals surface area (Å²) in [6, 6.07) is 22.4. The molecule has 3 heterocycles. The first kappa shape index (κ1) is 23.4. The largest absolute Gasteiger partial charge is 0.495 e. The summed E-state index contributed by atoms with van der Waals surface area (Å²) in [7, 11) is 1.57. The number of aromatic nitrogens is 5. The molecule has 0 saturated carbocycles. The van der Waals surface area contributed by atoms with Crippen LogP contribution in [0.5, 0.6) is 5.75 Å². The Hall–Kier alpha value is -3.98. The van der Waals surface area contributed by atoms with Crippen LogP contribution in [0.15, 0.2) is 83.8 Å². The van der Waals surface area contributed by atoms with Gasteiger partial charge < -0.3 is 4.74 Å². The smallest absolute Gasteiger partial charge is 0.291 e. The van der Waals surface area contributed by atoms with Gasteiger partial charge >= 0.3 is 0 Å². The van der Waals surface area contributed by atoms with Crippen LogP contribution in [-0.2, 0) is 0 Å². The Bertz CT molecular complexity index is 1860. The quantitative estimate of drug-likeness (QED) is 0.284. The minimum atomic E-state index is -0.251. The molecular formula is C27H17Cl2N5O2S. The molecule has 6 aromatic rings. The Balaban J connectivity index is 1.48. The van der Waals surface area contributed by atoms with Crippen molar-refractivity contribution >= 4 is 45.6 Å². The second-order valence-corrected chi connectivity index (χ2v) is 9.97. The number of rotatable bonds is 5. The molecule has 6 rings (SSSR count). The first-order valence-corrected chi connectivity index (χ1v) is 12.7. The van der Waals surface area contributed by atoms with Crippen LogP contribution in [0.2, 0.25) is 10.0 Å². The van der Waals surface area contributed by atoms with Gasteiger partial charge in [-0.15, -0.1) is 5.10 Å². The number of thiazole rings is 1. The zero-order chi connectivity index (χ0) is 25.5. The molecule has 7 nitrogen and oxygen atoms in total. The van der Waals surface area contributed by atoms with E-state index in [0.717, 1.165) is 22.4 Å². The minimum Gasteiger partial charge on any atom is -0.495 e. The third-order valence-electron chi connectivity index (χ3n) is 5.76. The van der Waals surface area contributed by atoms with E-state index >= 15 is 0 Å². The summed E-state index contributed by atoms with van der Waals surface area (Å²) in [5, 5.41) is 10.3. The first-order valence-electron chi connectivity index (χ1n) is 11.2. The molecule has 0 unspecified atom stereocenters. The molecule has 0 aliphatic carbocycles. The van der Waals surface area contributed by atoms with Gasteiger partial charge in [-0.2, -0.15) is 14.6 Å². The van der Waals surface area contributed by atoms with Gasteiger partial charge in [0.1, 0.15) is 11.4 Å². The third-order valence-corrected chi connectivity index (χ3v) is 7.27. The van der Waals surface area contributed by atoms with E-state index in [2.05, 4.69) is 10.1 Å². The summed E-state index contributed by atoms with van der Waals surface area (Å²) in [4.78, 5) is 18.3. The van der Waals surface area contributed by atoms with Crippen LogP contribution < -0.4 is 14.8 Å². The molecule has 37 heavy (non-hydrogen) atoms. The molecule has 0 amide bonds. The Morgan fingerprint density at radius 2 is 1.70 bits per heavy atom. The van der Waals surface area contributed by atoms with Gasteiger partial charge in [0, 0.05) is 27.9 Å². The Kier molecular flexibility index (Phi) is 6.00. The molecule has 0 spiro atoms. The van der Waals surface area contributed by atoms with E-state index in [1.165, 1.54) is 15.9 Å². The Labute approximate surface area is 224 Å². The van der Waals surface area contributed by atoms with Crippen LogP contribution in [0.1, 0.15) is 5.56 Å². The van der Waals surface area contributed by atoms with Crippen molar-refractivity contribution < 1.29 is 4.74 Å². The van der Waals surface area contributed by atoms with E-state index in [0.29, 0.717) is 36.8 Å². The molecule has 0 fully saturated rings. The first-order chi connectivity index (χ1) is 18.0. The summed E-state index contributed by atoms with van der Waals surface area (Å²) in [6.45, 7) is 0. The normalized spacial score (nSPS) is 11.9. The maximum absolute atomic E-state index is 13.2. The second-order valence-electron chi connectivity index (χ2n) is 8.11. The number of hydrogen-bond donors (Lipinski definition) is 0. The number of hydrogen-bond acceptors (Lipinski definition) is 6. The van der Waals surface area contributed by atoms with E-state index in [9.17, 15) is 4.79 Å². The minimum absolute atomic E-state index is 0.251. The van der Waals surface area contributed by atoms with Gasteiger partial charge in [-0.25, -0.2) is 4.68 Å². The Morgan fingerprint density at radius 1 is 0.946 bits per heavy atom. The van der Waals surface area contributed by atoms with Gasteiger partial charge in [0.15, 0.2) is 5.82 Å². The molecule has 0 bridgehead atoms. The third kappa shape index (κ3) is 4.40. The van der Waals surface area contributed by atoms with Crippen LogP contribution in [0, 0.1) is 0 Å². The number of ether oxygens (including phenoxy) is 1. The van der Waals surface area contributed by atoms with Gasteiger partial charge in [-0.3, -0.25) is 4.79 Å². The lowest BCUT2D eigenvalue weighted by Crippen LogP contribution is -2.23. The molecule has 0 radical (unpaired) electrons. The van der Waals surface area contributed by atoms with E-state index in [4.69, 9.17) is 33.0 Å². The van der Waals surface area contributed by atoms with Crippen LogP contribution >= 0.6 is 34.5 Å². The van der Waals surface area contributed by atoms with Crippen molar-refractivity contribution in [3.63, 3.8) is 0 Å². The van der Waals surface area contributed by atoms with E-state index < -0.39 is 0 Å². The van der Waals surface area contributed by atoms with E-state index in [1.54, 1.807) is 36.1 Å². The molecule has 3 aromatic heterocycles. The van der Waals surface area contributed by atoms with Gasteiger partial charge in [0.05, 0.1) is 22.4 Å². The second kappa shape index (κ2) is 9.48. The zero-order valence-corrected chi connectivity index (χ0v) is 21.6. The standard InChI is InChI=1S/C27H17Cl2N5O2S/c1-36-22-12-9-17(13-21(22)29)24-18(15-33(31-24)20-5-3-2-4-6-20)14-23-26(35)34-27(37-23)30-25(32-34)16-7-10-19(28)11-8-16/h2-15H,1H3/b23-14-. The van der Waals surface area contributed by atoms with Crippen molar-refractivity contribution in [2.45, 2.75) is 0 Å². The summed E-state index contributed by atoms with van der Waals surface area (Å²) in [6.07, 6.45) is 3.70.